The number of nitrogens with zero attached hydrogens (tertiary/aromatic N) is 3. The molecule has 0 bridgehead atoms. The number of hydrogen-bond donors (Lipinski definition) is 0. The Bertz CT molecular complexity index is 522. The number of hydrogen-bond acceptors (Lipinski definition) is 3. The minimum Gasteiger partial charge on any atom is -0.299 e. The normalized spacial score (nSPS) is 30.5. The van der Waals surface area contributed by atoms with E-state index < -0.39 is 0 Å². The zero-order valence-corrected chi connectivity index (χ0v) is 16.7. The maximum atomic E-state index is 2.81. The van der Waals surface area contributed by atoms with Crippen LogP contribution in [0.1, 0.15) is 51.0 Å². The number of benzene rings is 1. The molecule has 2 heterocycles. The summed E-state index contributed by atoms with van der Waals surface area (Å²) in [7, 11) is 0. The Morgan fingerprint density at radius 1 is 0.692 bits per heavy atom. The quantitative estimate of drug-likeness (QED) is 0.812. The molecule has 2 saturated heterocycles. The van der Waals surface area contributed by atoms with E-state index in [1.807, 2.05) is 0 Å². The number of piperazine rings is 1. The van der Waals surface area contributed by atoms with Gasteiger partial charge in [-0.05, 0) is 63.1 Å². The lowest BCUT2D eigenvalue weighted by Gasteiger charge is -2.45. The van der Waals surface area contributed by atoms with Crippen LogP contribution in [0, 0.1) is 5.92 Å². The second-order valence-corrected chi connectivity index (χ2v) is 8.98. The highest BCUT2D eigenvalue weighted by molar-refractivity contribution is 5.14. The minimum atomic E-state index is 0.829. The fourth-order valence-electron chi connectivity index (χ4n) is 5.36. The zero-order valence-electron chi connectivity index (χ0n) is 16.7. The van der Waals surface area contributed by atoms with Gasteiger partial charge in [0.2, 0.25) is 0 Å². The van der Waals surface area contributed by atoms with Gasteiger partial charge in [0.1, 0.15) is 0 Å². The Labute approximate surface area is 160 Å². The molecule has 1 aromatic carbocycles. The van der Waals surface area contributed by atoms with Gasteiger partial charge in [0.15, 0.2) is 0 Å². The van der Waals surface area contributed by atoms with Crippen LogP contribution >= 0.6 is 0 Å². The molecule has 0 amide bonds. The average molecular weight is 356 g/mol. The lowest BCUT2D eigenvalue weighted by Crippen LogP contribution is -2.55. The van der Waals surface area contributed by atoms with Crippen molar-refractivity contribution >= 4 is 0 Å². The Kier molecular flexibility index (Phi) is 6.29. The van der Waals surface area contributed by atoms with E-state index in [0.29, 0.717) is 0 Å². The van der Waals surface area contributed by atoms with E-state index in [9.17, 15) is 0 Å². The smallest absolute Gasteiger partial charge is 0.0233 e. The Hall–Kier alpha value is -0.900. The molecular weight excluding hydrogens is 318 g/mol. The molecule has 1 saturated carbocycles. The third-order valence-electron chi connectivity index (χ3n) is 7.17. The second kappa shape index (κ2) is 8.86. The lowest BCUT2D eigenvalue weighted by molar-refractivity contribution is 0.0307. The maximum absolute atomic E-state index is 2.81. The van der Waals surface area contributed by atoms with Crippen molar-refractivity contribution in [2.24, 2.45) is 5.92 Å². The summed E-state index contributed by atoms with van der Waals surface area (Å²) < 4.78 is 0. The van der Waals surface area contributed by atoms with E-state index in [1.54, 1.807) is 0 Å². The highest BCUT2D eigenvalue weighted by Crippen LogP contribution is 2.28. The molecule has 2 aliphatic heterocycles. The third kappa shape index (κ3) is 4.68. The summed E-state index contributed by atoms with van der Waals surface area (Å²) in [6, 6.07) is 12.7. The SMILES string of the molecule is CC1CCC(N2CCN(C3CCN(Cc4ccccc4)CC3)CC2)CC1. The van der Waals surface area contributed by atoms with Crippen LogP contribution < -0.4 is 0 Å². The predicted molar refractivity (Wildman–Crippen MR) is 109 cm³/mol. The Balaban J connectivity index is 1.19. The highest BCUT2D eigenvalue weighted by atomic mass is 15.3. The van der Waals surface area contributed by atoms with Crippen LogP contribution in [0.4, 0.5) is 0 Å². The van der Waals surface area contributed by atoms with Crippen molar-refractivity contribution in [2.75, 3.05) is 39.3 Å². The van der Waals surface area contributed by atoms with Gasteiger partial charge in [-0.25, -0.2) is 0 Å². The monoisotopic (exact) mass is 355 g/mol. The molecule has 0 aromatic heterocycles. The first-order valence-electron chi connectivity index (χ1n) is 11.0. The van der Waals surface area contributed by atoms with Crippen molar-refractivity contribution in [3.63, 3.8) is 0 Å². The van der Waals surface area contributed by atoms with E-state index in [2.05, 4.69) is 52.0 Å². The van der Waals surface area contributed by atoms with Crippen LogP contribution in [0.2, 0.25) is 0 Å². The van der Waals surface area contributed by atoms with Gasteiger partial charge >= 0.3 is 0 Å². The predicted octanol–water partition coefficient (Wildman–Crippen LogP) is 3.85. The molecule has 26 heavy (non-hydrogen) atoms. The van der Waals surface area contributed by atoms with Crippen molar-refractivity contribution in [1.29, 1.82) is 0 Å². The molecule has 1 aromatic rings. The first-order chi connectivity index (χ1) is 12.8. The molecular formula is C23H37N3. The summed E-state index contributed by atoms with van der Waals surface area (Å²) in [6.45, 7) is 11.3. The van der Waals surface area contributed by atoms with Crippen LogP contribution in [0.5, 0.6) is 0 Å². The van der Waals surface area contributed by atoms with Crippen LogP contribution in [-0.2, 0) is 6.54 Å². The number of piperidine rings is 1. The van der Waals surface area contributed by atoms with E-state index in [1.165, 1.54) is 83.4 Å². The van der Waals surface area contributed by atoms with Gasteiger partial charge in [-0.3, -0.25) is 14.7 Å². The number of likely N-dealkylation sites (tertiary alicyclic amines) is 1. The molecule has 144 valence electrons. The van der Waals surface area contributed by atoms with Gasteiger partial charge < -0.3 is 0 Å². The fraction of sp³-hybridized carbons (Fsp3) is 0.739. The van der Waals surface area contributed by atoms with Crippen molar-refractivity contribution in [3.8, 4) is 0 Å². The fourth-order valence-corrected chi connectivity index (χ4v) is 5.36. The maximum Gasteiger partial charge on any atom is 0.0233 e. The Morgan fingerprint density at radius 3 is 1.81 bits per heavy atom. The van der Waals surface area contributed by atoms with Gasteiger partial charge in [0.25, 0.3) is 0 Å². The summed E-state index contributed by atoms with van der Waals surface area (Å²) in [5, 5.41) is 0. The van der Waals surface area contributed by atoms with Gasteiger partial charge in [-0.1, -0.05) is 37.3 Å². The van der Waals surface area contributed by atoms with E-state index >= 15 is 0 Å². The average Bonchev–Trinajstić information content (AvgIpc) is 2.70. The first-order valence-corrected chi connectivity index (χ1v) is 11.0. The summed E-state index contributed by atoms with van der Waals surface area (Å²) in [5.41, 5.74) is 1.46. The summed E-state index contributed by atoms with van der Waals surface area (Å²) >= 11 is 0. The molecule has 3 heteroatoms. The second-order valence-electron chi connectivity index (χ2n) is 8.98. The molecule has 0 N–H and O–H groups in total. The van der Waals surface area contributed by atoms with E-state index in [-0.39, 0.29) is 0 Å². The minimum absolute atomic E-state index is 0.829. The Morgan fingerprint density at radius 2 is 1.23 bits per heavy atom. The standard InChI is InChI=1S/C23H37N3/c1-20-7-9-22(10-8-20)25-15-17-26(18-16-25)23-11-13-24(14-12-23)19-21-5-3-2-4-6-21/h2-6,20,22-23H,7-19H2,1H3. The molecule has 3 nitrogen and oxygen atoms in total. The molecule has 3 aliphatic rings. The topological polar surface area (TPSA) is 9.72 Å². The number of rotatable bonds is 4. The summed E-state index contributed by atoms with van der Waals surface area (Å²) in [5.74, 6) is 0.966. The van der Waals surface area contributed by atoms with Gasteiger partial charge in [0, 0.05) is 44.8 Å². The van der Waals surface area contributed by atoms with Crippen LogP contribution in [0.25, 0.3) is 0 Å². The lowest BCUT2D eigenvalue weighted by atomic mass is 9.86. The first kappa shape index (κ1) is 18.5. The van der Waals surface area contributed by atoms with Crippen molar-refractivity contribution in [3.05, 3.63) is 35.9 Å². The van der Waals surface area contributed by atoms with Crippen molar-refractivity contribution in [2.45, 2.75) is 64.1 Å². The largest absolute Gasteiger partial charge is 0.299 e. The van der Waals surface area contributed by atoms with Crippen molar-refractivity contribution in [1.82, 2.24) is 14.7 Å². The molecule has 1 aliphatic carbocycles. The van der Waals surface area contributed by atoms with Gasteiger partial charge in [0.05, 0.1) is 0 Å². The van der Waals surface area contributed by atoms with Crippen LogP contribution in [-0.4, -0.2) is 66.1 Å². The van der Waals surface area contributed by atoms with Crippen LogP contribution in [0.15, 0.2) is 30.3 Å². The van der Waals surface area contributed by atoms with Gasteiger partial charge in [-0.15, -0.1) is 0 Å². The third-order valence-corrected chi connectivity index (χ3v) is 7.17. The summed E-state index contributed by atoms with van der Waals surface area (Å²) in [4.78, 5) is 8.26. The molecule has 0 spiro atoms. The molecule has 3 fully saturated rings. The molecule has 0 unspecified atom stereocenters. The van der Waals surface area contributed by atoms with E-state index in [4.69, 9.17) is 0 Å². The molecule has 4 rings (SSSR count). The highest BCUT2D eigenvalue weighted by Gasteiger charge is 2.30. The van der Waals surface area contributed by atoms with Gasteiger partial charge in [-0.2, -0.15) is 0 Å². The van der Waals surface area contributed by atoms with E-state index in [0.717, 1.165) is 24.5 Å². The van der Waals surface area contributed by atoms with Crippen molar-refractivity contribution < 1.29 is 0 Å². The molecule has 0 radical (unpaired) electrons. The van der Waals surface area contributed by atoms with Crippen LogP contribution in [0.3, 0.4) is 0 Å². The summed E-state index contributed by atoms with van der Waals surface area (Å²) in [6.07, 6.45) is 8.50. The zero-order chi connectivity index (χ0) is 17.8. The molecule has 0 atom stereocenters.